The standard InChI is InChI=1S/C38H66N2/c1-3-5-7-9-11-13-15-17-19-21-26-30-37(34-36-28-24-23-25-29-36)38(40-33-32-39-35-40)31-27-22-20-18-16-14-12-10-8-6-4-2/h23-25,28-29,32-33,35,37-38H,3-22,26-27,30-31,34H2,1-2H3/p+1. The van der Waals surface area contributed by atoms with E-state index in [-0.39, 0.29) is 0 Å². The fourth-order valence-corrected chi connectivity index (χ4v) is 6.57. The van der Waals surface area contributed by atoms with E-state index in [0.29, 0.717) is 12.0 Å². The maximum Gasteiger partial charge on any atom is 0.241 e. The number of rotatable bonds is 28. The predicted octanol–water partition coefficient (Wildman–Crippen LogP) is 12.1. The maximum absolute atomic E-state index is 3.35. The Morgan fingerprint density at radius 3 is 1.45 bits per heavy atom. The van der Waals surface area contributed by atoms with Crippen molar-refractivity contribution < 1.29 is 4.57 Å². The summed E-state index contributed by atoms with van der Waals surface area (Å²) in [5.41, 5.74) is 1.51. The summed E-state index contributed by atoms with van der Waals surface area (Å²) in [6.07, 6.45) is 41.8. The minimum atomic E-state index is 0.605. The van der Waals surface area contributed by atoms with Gasteiger partial charge in [-0.2, -0.15) is 0 Å². The second-order valence-corrected chi connectivity index (χ2v) is 12.7. The third-order valence-corrected chi connectivity index (χ3v) is 9.12. The average molecular weight is 552 g/mol. The Balaban J connectivity index is 1.75. The van der Waals surface area contributed by atoms with Crippen LogP contribution in [0.25, 0.3) is 0 Å². The molecule has 228 valence electrons. The van der Waals surface area contributed by atoms with Gasteiger partial charge in [0.25, 0.3) is 0 Å². The zero-order valence-corrected chi connectivity index (χ0v) is 26.9. The number of imidazole rings is 1. The number of aromatic amines is 1. The van der Waals surface area contributed by atoms with E-state index in [9.17, 15) is 0 Å². The number of hydrogen-bond donors (Lipinski definition) is 1. The molecule has 0 aliphatic rings. The van der Waals surface area contributed by atoms with E-state index in [4.69, 9.17) is 0 Å². The van der Waals surface area contributed by atoms with Crippen LogP contribution in [-0.4, -0.2) is 4.98 Å². The lowest BCUT2D eigenvalue weighted by atomic mass is 9.84. The number of hydrogen-bond acceptors (Lipinski definition) is 0. The van der Waals surface area contributed by atoms with Crippen molar-refractivity contribution in [3.05, 3.63) is 54.6 Å². The topological polar surface area (TPSA) is 19.7 Å². The largest absolute Gasteiger partial charge is 0.250 e. The second-order valence-electron chi connectivity index (χ2n) is 12.7. The minimum absolute atomic E-state index is 0.605. The van der Waals surface area contributed by atoms with Gasteiger partial charge in [-0.15, -0.1) is 0 Å². The molecular weight excluding hydrogens is 484 g/mol. The van der Waals surface area contributed by atoms with Crippen molar-refractivity contribution in [1.82, 2.24) is 4.98 Å². The van der Waals surface area contributed by atoms with Crippen LogP contribution in [0.3, 0.4) is 0 Å². The summed E-state index contributed by atoms with van der Waals surface area (Å²) < 4.78 is 2.50. The molecule has 1 heterocycles. The zero-order valence-electron chi connectivity index (χ0n) is 26.9. The lowest BCUT2D eigenvalue weighted by molar-refractivity contribution is -0.730. The van der Waals surface area contributed by atoms with Crippen LogP contribution in [0.4, 0.5) is 0 Å². The number of H-pyrrole nitrogens is 1. The van der Waals surface area contributed by atoms with Gasteiger partial charge in [-0.3, -0.25) is 4.98 Å². The molecule has 2 rings (SSSR count). The van der Waals surface area contributed by atoms with Crippen LogP contribution in [0.1, 0.15) is 180 Å². The molecule has 0 aliphatic heterocycles. The van der Waals surface area contributed by atoms with Crippen LogP contribution in [0.5, 0.6) is 0 Å². The van der Waals surface area contributed by atoms with Gasteiger partial charge in [0.15, 0.2) is 0 Å². The van der Waals surface area contributed by atoms with Crippen molar-refractivity contribution >= 4 is 0 Å². The predicted molar refractivity (Wildman–Crippen MR) is 176 cm³/mol. The first-order valence-electron chi connectivity index (χ1n) is 17.9. The Morgan fingerprint density at radius 1 is 0.550 bits per heavy atom. The Morgan fingerprint density at radius 2 is 1.00 bits per heavy atom. The van der Waals surface area contributed by atoms with Gasteiger partial charge in [0.2, 0.25) is 6.33 Å². The molecule has 1 aromatic carbocycles. The van der Waals surface area contributed by atoms with Crippen LogP contribution >= 0.6 is 0 Å². The summed E-state index contributed by atoms with van der Waals surface area (Å²) >= 11 is 0. The zero-order chi connectivity index (χ0) is 28.4. The molecular formula is C38H67N2+. The Hall–Kier alpha value is -1.57. The summed E-state index contributed by atoms with van der Waals surface area (Å²) in [4.78, 5) is 3.35. The highest BCUT2D eigenvalue weighted by atomic mass is 15.1. The van der Waals surface area contributed by atoms with E-state index >= 15 is 0 Å². The number of benzene rings is 1. The molecule has 0 radical (unpaired) electrons. The molecule has 1 N–H and O–H groups in total. The van der Waals surface area contributed by atoms with Crippen LogP contribution < -0.4 is 4.57 Å². The summed E-state index contributed by atoms with van der Waals surface area (Å²) in [7, 11) is 0. The molecule has 0 aliphatic carbocycles. The van der Waals surface area contributed by atoms with E-state index in [1.54, 1.807) is 0 Å². The highest BCUT2D eigenvalue weighted by Gasteiger charge is 2.26. The average Bonchev–Trinajstić information content (AvgIpc) is 3.51. The summed E-state index contributed by atoms with van der Waals surface area (Å²) in [5.74, 6) is 0.713. The van der Waals surface area contributed by atoms with E-state index < -0.39 is 0 Å². The van der Waals surface area contributed by atoms with Crippen LogP contribution in [0.2, 0.25) is 0 Å². The molecule has 1 aromatic heterocycles. The van der Waals surface area contributed by atoms with Gasteiger partial charge in [0, 0.05) is 5.92 Å². The molecule has 0 amide bonds. The van der Waals surface area contributed by atoms with Gasteiger partial charge < -0.3 is 0 Å². The first-order chi connectivity index (χ1) is 19.8. The monoisotopic (exact) mass is 552 g/mol. The summed E-state index contributed by atoms with van der Waals surface area (Å²) in [6, 6.07) is 11.9. The molecule has 2 atom stereocenters. The second kappa shape index (κ2) is 25.2. The van der Waals surface area contributed by atoms with Gasteiger partial charge in [-0.05, 0) is 31.2 Å². The maximum atomic E-state index is 3.35. The van der Waals surface area contributed by atoms with Crippen LogP contribution in [0, 0.1) is 5.92 Å². The Kier molecular flexibility index (Phi) is 21.8. The first kappa shape index (κ1) is 34.6. The van der Waals surface area contributed by atoms with Crippen LogP contribution in [0.15, 0.2) is 49.1 Å². The van der Waals surface area contributed by atoms with E-state index in [2.05, 4.69) is 72.5 Å². The molecule has 2 unspecified atom stereocenters. The molecule has 0 fully saturated rings. The fourth-order valence-electron chi connectivity index (χ4n) is 6.57. The molecule has 2 heteroatoms. The smallest absolute Gasteiger partial charge is 0.241 e. The minimum Gasteiger partial charge on any atom is -0.250 e. The van der Waals surface area contributed by atoms with Gasteiger partial charge >= 0.3 is 0 Å². The third kappa shape index (κ3) is 17.3. The van der Waals surface area contributed by atoms with E-state index in [1.807, 2.05) is 0 Å². The van der Waals surface area contributed by atoms with E-state index in [1.165, 1.54) is 166 Å². The molecule has 0 saturated heterocycles. The molecule has 0 saturated carbocycles. The van der Waals surface area contributed by atoms with Gasteiger partial charge in [-0.25, -0.2) is 4.57 Å². The Bertz CT molecular complexity index is 753. The highest BCUT2D eigenvalue weighted by Crippen LogP contribution is 2.29. The van der Waals surface area contributed by atoms with E-state index in [0.717, 1.165) is 0 Å². The van der Waals surface area contributed by atoms with Crippen molar-refractivity contribution in [2.45, 2.75) is 180 Å². The van der Waals surface area contributed by atoms with Crippen molar-refractivity contribution in [2.24, 2.45) is 5.92 Å². The molecule has 0 bridgehead atoms. The molecule has 0 spiro atoms. The van der Waals surface area contributed by atoms with Crippen molar-refractivity contribution in [3.8, 4) is 0 Å². The van der Waals surface area contributed by atoms with Gasteiger partial charge in [0.1, 0.15) is 18.4 Å². The Labute approximate surface area is 250 Å². The van der Waals surface area contributed by atoms with Crippen molar-refractivity contribution in [3.63, 3.8) is 0 Å². The quantitative estimate of drug-likeness (QED) is 0.0801. The first-order valence-corrected chi connectivity index (χ1v) is 17.9. The molecule has 2 nitrogen and oxygen atoms in total. The van der Waals surface area contributed by atoms with Crippen LogP contribution in [-0.2, 0) is 6.42 Å². The number of aromatic nitrogens is 2. The lowest BCUT2D eigenvalue weighted by Crippen LogP contribution is -2.42. The summed E-state index contributed by atoms with van der Waals surface area (Å²) in [6.45, 7) is 4.62. The number of nitrogens with zero attached hydrogens (tertiary/aromatic N) is 1. The number of unbranched alkanes of at least 4 members (excludes halogenated alkanes) is 20. The third-order valence-electron chi connectivity index (χ3n) is 9.12. The normalized spacial score (nSPS) is 13.1. The molecule has 2 aromatic rings. The van der Waals surface area contributed by atoms with Gasteiger partial charge in [-0.1, -0.05) is 179 Å². The number of nitrogens with one attached hydrogen (secondary N) is 1. The van der Waals surface area contributed by atoms with Crippen molar-refractivity contribution in [1.29, 1.82) is 0 Å². The SMILES string of the molecule is CCCCCCCCCCCCCC(Cc1ccccc1)C(CCCCCCCCCCCCC)[n+]1cc[nH]c1. The van der Waals surface area contributed by atoms with Gasteiger partial charge in [0.05, 0.1) is 0 Å². The summed E-state index contributed by atoms with van der Waals surface area (Å²) in [5, 5.41) is 0. The highest BCUT2D eigenvalue weighted by molar-refractivity contribution is 5.15. The fraction of sp³-hybridized carbons (Fsp3) is 0.763. The molecule has 40 heavy (non-hydrogen) atoms. The lowest BCUT2D eigenvalue weighted by Gasteiger charge is -2.25. The van der Waals surface area contributed by atoms with Crippen molar-refractivity contribution in [2.75, 3.05) is 0 Å².